The molecule has 0 spiro atoms. The van der Waals surface area contributed by atoms with Gasteiger partial charge in [-0.15, -0.1) is 10.2 Å². The van der Waals surface area contributed by atoms with Crippen molar-refractivity contribution in [2.45, 2.75) is 61.7 Å². The van der Waals surface area contributed by atoms with Crippen LogP contribution in [-0.4, -0.2) is 41.9 Å². The molecule has 4 aromatic rings. The molecule has 2 heterocycles. The number of alkyl halides is 10. The minimum Gasteiger partial charge on any atom is -0.220 e. The molecular weight excluding hydrogens is 626 g/mol. The number of aryl methyl sites for hydroxylation is 4. The van der Waals surface area contributed by atoms with Gasteiger partial charge in [0.2, 0.25) is 11.6 Å². The Kier molecular flexibility index (Phi) is 8.12. The number of hydrogen-bond donors (Lipinski definition) is 0. The van der Waals surface area contributed by atoms with Crippen molar-refractivity contribution in [3.05, 3.63) is 70.8 Å². The zero-order chi connectivity index (χ0) is 31.4. The zero-order valence-electron chi connectivity index (χ0n) is 21.7. The number of rotatable bonds is 7. The van der Waals surface area contributed by atoms with Crippen LogP contribution in [-0.2, 0) is 11.8 Å². The van der Waals surface area contributed by atoms with Crippen LogP contribution in [0.5, 0.6) is 0 Å². The number of benzene rings is 2. The molecule has 0 aliphatic carbocycles. The first-order valence-electron chi connectivity index (χ1n) is 11.5. The summed E-state index contributed by atoms with van der Waals surface area (Å²) in [5, 5.41) is 6.70. The number of aromatic nitrogens is 6. The van der Waals surface area contributed by atoms with E-state index in [2.05, 4.69) is 20.2 Å². The van der Waals surface area contributed by atoms with Crippen LogP contribution >= 0.6 is 21.6 Å². The summed E-state index contributed by atoms with van der Waals surface area (Å²) in [7, 11) is 2.37. The van der Waals surface area contributed by atoms with Crippen LogP contribution < -0.4 is 0 Å². The molecule has 0 bridgehead atoms. The van der Waals surface area contributed by atoms with Crippen molar-refractivity contribution >= 4 is 21.6 Å². The molecule has 0 saturated carbocycles. The second-order valence-electron chi connectivity index (χ2n) is 9.14. The predicted molar refractivity (Wildman–Crippen MR) is 133 cm³/mol. The Labute approximate surface area is 238 Å². The van der Waals surface area contributed by atoms with E-state index in [9.17, 15) is 43.9 Å². The van der Waals surface area contributed by atoms with Crippen molar-refractivity contribution in [1.29, 1.82) is 0 Å². The highest BCUT2D eigenvalue weighted by atomic mass is 33.1. The van der Waals surface area contributed by atoms with Gasteiger partial charge in [0.05, 0.1) is 11.4 Å². The van der Waals surface area contributed by atoms with E-state index in [0.29, 0.717) is 20.9 Å². The standard InChI is InChI=1S/C24H18F10N6S2/c1-11-5-13(3)17(7-15(11)39-9-35-19(37-39)21(25,26)23(29,30)31)41-42-18-8-16(12(2)6-14(18)4)40-10-36-20(38-40)22(27,28)24(32,33)34/h5-10H,1-4H3. The van der Waals surface area contributed by atoms with Crippen LogP contribution in [0, 0.1) is 27.7 Å². The summed E-state index contributed by atoms with van der Waals surface area (Å²) < 4.78 is 133. The molecule has 0 saturated heterocycles. The molecule has 0 aliphatic rings. The fraction of sp³-hybridized carbons (Fsp3) is 0.333. The molecule has 4 rings (SSSR count). The van der Waals surface area contributed by atoms with Gasteiger partial charge in [0.15, 0.2) is 0 Å². The van der Waals surface area contributed by atoms with Crippen LogP contribution in [0.1, 0.15) is 33.9 Å². The van der Waals surface area contributed by atoms with Gasteiger partial charge in [-0.3, -0.25) is 0 Å². The van der Waals surface area contributed by atoms with Gasteiger partial charge in [-0.2, -0.15) is 43.9 Å². The third-order valence-electron chi connectivity index (χ3n) is 5.96. The van der Waals surface area contributed by atoms with Crippen molar-refractivity contribution in [3.8, 4) is 11.4 Å². The second-order valence-corrected chi connectivity index (χ2v) is 11.4. The lowest BCUT2D eigenvalue weighted by atomic mass is 10.1. The van der Waals surface area contributed by atoms with Crippen LogP contribution in [0.3, 0.4) is 0 Å². The lowest BCUT2D eigenvalue weighted by Gasteiger charge is -2.16. The highest BCUT2D eigenvalue weighted by Gasteiger charge is 2.62. The summed E-state index contributed by atoms with van der Waals surface area (Å²) >= 11 is 0. The Hall–Kier alpha value is -3.28. The predicted octanol–water partition coefficient (Wildman–Crippen LogP) is 8.19. The molecule has 0 unspecified atom stereocenters. The first kappa shape index (κ1) is 31.7. The van der Waals surface area contributed by atoms with Crippen molar-refractivity contribution in [1.82, 2.24) is 29.5 Å². The van der Waals surface area contributed by atoms with Crippen LogP contribution in [0.15, 0.2) is 46.7 Å². The smallest absolute Gasteiger partial charge is 0.220 e. The molecule has 0 atom stereocenters. The molecule has 0 aliphatic heterocycles. The summed E-state index contributed by atoms with van der Waals surface area (Å²) in [6.07, 6.45) is -10.3. The molecule has 0 amide bonds. The average molecular weight is 645 g/mol. The maximum Gasteiger partial charge on any atom is 0.461 e. The van der Waals surface area contributed by atoms with Gasteiger partial charge in [0.1, 0.15) is 12.7 Å². The number of halogens is 10. The minimum atomic E-state index is -5.88. The van der Waals surface area contributed by atoms with E-state index in [0.717, 1.165) is 33.1 Å². The van der Waals surface area contributed by atoms with Gasteiger partial charge >= 0.3 is 24.2 Å². The molecule has 0 fully saturated rings. The van der Waals surface area contributed by atoms with Crippen molar-refractivity contribution in [3.63, 3.8) is 0 Å². The summed E-state index contributed by atoms with van der Waals surface area (Å²) in [6, 6.07) is 6.40. The highest BCUT2D eigenvalue weighted by Crippen LogP contribution is 2.45. The summed E-state index contributed by atoms with van der Waals surface area (Å²) in [6.45, 7) is 6.71. The maximum atomic E-state index is 13.7. The monoisotopic (exact) mass is 644 g/mol. The van der Waals surface area contributed by atoms with Crippen LogP contribution in [0.25, 0.3) is 11.4 Å². The fourth-order valence-electron chi connectivity index (χ4n) is 3.71. The second kappa shape index (κ2) is 10.8. The number of nitrogens with zero attached hydrogens (tertiary/aromatic N) is 6. The van der Waals surface area contributed by atoms with Crippen molar-refractivity contribution in [2.75, 3.05) is 0 Å². The highest BCUT2D eigenvalue weighted by molar-refractivity contribution is 8.76. The molecule has 226 valence electrons. The maximum absolute atomic E-state index is 13.7. The van der Waals surface area contributed by atoms with E-state index in [1.807, 2.05) is 0 Å². The zero-order valence-corrected chi connectivity index (χ0v) is 23.4. The summed E-state index contributed by atoms with van der Waals surface area (Å²) in [5.74, 6) is -13.9. The van der Waals surface area contributed by atoms with Crippen LogP contribution in [0.2, 0.25) is 0 Å². The third-order valence-corrected chi connectivity index (χ3v) is 8.61. The third kappa shape index (κ3) is 5.82. The minimum absolute atomic E-state index is 0.197. The van der Waals surface area contributed by atoms with E-state index in [1.54, 1.807) is 39.8 Å². The topological polar surface area (TPSA) is 61.4 Å². The first-order chi connectivity index (χ1) is 19.2. The van der Waals surface area contributed by atoms with Crippen LogP contribution in [0.4, 0.5) is 43.9 Å². The van der Waals surface area contributed by atoms with E-state index in [1.165, 1.54) is 33.7 Å². The summed E-state index contributed by atoms with van der Waals surface area (Å²) in [5.41, 5.74) is 2.88. The van der Waals surface area contributed by atoms with E-state index in [-0.39, 0.29) is 11.4 Å². The molecule has 18 heteroatoms. The van der Waals surface area contributed by atoms with Crippen molar-refractivity contribution < 1.29 is 43.9 Å². The Bertz CT molecular complexity index is 1510. The van der Waals surface area contributed by atoms with Gasteiger partial charge in [-0.1, -0.05) is 33.7 Å². The SMILES string of the molecule is Cc1cc(C)c(-n2cnc(C(F)(F)C(F)(F)F)n2)cc1SSc1cc(-n2cnc(C(F)(F)C(F)(F)F)n2)c(C)cc1C. The Morgan fingerprint density at radius 2 is 0.857 bits per heavy atom. The average Bonchev–Trinajstić information content (AvgIpc) is 3.54. The van der Waals surface area contributed by atoms with Gasteiger partial charge in [-0.05, 0) is 62.1 Å². The quantitative estimate of drug-likeness (QED) is 0.149. The number of hydrogen-bond acceptors (Lipinski definition) is 6. The molecule has 42 heavy (non-hydrogen) atoms. The Morgan fingerprint density at radius 3 is 1.17 bits per heavy atom. The largest absolute Gasteiger partial charge is 0.461 e. The van der Waals surface area contributed by atoms with E-state index in [4.69, 9.17) is 0 Å². The molecule has 0 radical (unpaired) electrons. The lowest BCUT2D eigenvalue weighted by molar-refractivity contribution is -0.292. The fourth-order valence-corrected chi connectivity index (χ4v) is 6.20. The van der Waals surface area contributed by atoms with Gasteiger partial charge in [0, 0.05) is 9.79 Å². The Morgan fingerprint density at radius 1 is 0.524 bits per heavy atom. The molecule has 2 aromatic carbocycles. The molecule has 2 aromatic heterocycles. The lowest BCUT2D eigenvalue weighted by Crippen LogP contribution is -2.34. The van der Waals surface area contributed by atoms with E-state index >= 15 is 0 Å². The molecule has 0 N–H and O–H groups in total. The normalized spacial score (nSPS) is 13.2. The van der Waals surface area contributed by atoms with Gasteiger partial charge in [-0.25, -0.2) is 19.3 Å². The molecule has 6 nitrogen and oxygen atoms in total. The van der Waals surface area contributed by atoms with Gasteiger partial charge < -0.3 is 0 Å². The Balaban J connectivity index is 1.62. The van der Waals surface area contributed by atoms with E-state index < -0.39 is 35.8 Å². The summed E-state index contributed by atoms with van der Waals surface area (Å²) in [4.78, 5) is 7.46. The van der Waals surface area contributed by atoms with Gasteiger partial charge in [0.25, 0.3) is 0 Å². The first-order valence-corrected chi connectivity index (χ1v) is 13.7. The van der Waals surface area contributed by atoms with Crippen molar-refractivity contribution in [2.24, 2.45) is 0 Å². The molecular formula is C24H18F10N6S2.